The average molecular weight is 357 g/mol. The van der Waals surface area contributed by atoms with Crippen LogP contribution in [0.2, 0.25) is 0 Å². The Morgan fingerprint density at radius 3 is 2.42 bits per heavy atom. The molecule has 1 aromatic rings. The van der Waals surface area contributed by atoms with Gasteiger partial charge in [-0.25, -0.2) is 4.90 Å². The summed E-state index contributed by atoms with van der Waals surface area (Å²) >= 11 is 0. The van der Waals surface area contributed by atoms with Crippen LogP contribution in [0.25, 0.3) is 0 Å². The molecule has 2 amide bonds. The highest BCUT2D eigenvalue weighted by Gasteiger charge is 2.40. The molecule has 2 heterocycles. The number of hydrogen-bond acceptors (Lipinski definition) is 5. The number of hydrogen-bond donors (Lipinski definition) is 0. The Labute approximate surface area is 152 Å². The quantitative estimate of drug-likeness (QED) is 0.426. The van der Waals surface area contributed by atoms with Crippen LogP contribution < -0.4 is 4.90 Å². The normalized spacial score (nSPS) is 24.7. The Morgan fingerprint density at radius 1 is 1.23 bits per heavy atom. The van der Waals surface area contributed by atoms with Crippen molar-refractivity contribution in [3.05, 3.63) is 42.0 Å². The number of amides is 2. The van der Waals surface area contributed by atoms with Crippen molar-refractivity contribution in [1.82, 2.24) is 0 Å². The lowest BCUT2D eigenvalue weighted by molar-refractivity contribution is -0.191. The van der Waals surface area contributed by atoms with Gasteiger partial charge in [0.15, 0.2) is 0 Å². The van der Waals surface area contributed by atoms with Crippen LogP contribution in [0, 0.1) is 5.92 Å². The highest BCUT2D eigenvalue weighted by Crippen LogP contribution is 2.36. The van der Waals surface area contributed by atoms with E-state index in [-0.39, 0.29) is 29.8 Å². The van der Waals surface area contributed by atoms with Crippen molar-refractivity contribution in [2.75, 3.05) is 18.1 Å². The molecule has 2 aliphatic heterocycles. The van der Waals surface area contributed by atoms with Crippen molar-refractivity contribution < 1.29 is 23.9 Å². The molecule has 2 unspecified atom stereocenters. The van der Waals surface area contributed by atoms with Crippen molar-refractivity contribution in [3.8, 4) is 0 Å². The summed E-state index contributed by atoms with van der Waals surface area (Å²) in [5.74, 6) is -0.469. The van der Waals surface area contributed by atoms with E-state index in [9.17, 15) is 14.4 Å². The fourth-order valence-electron chi connectivity index (χ4n) is 3.10. The van der Waals surface area contributed by atoms with Gasteiger partial charge in [0, 0.05) is 18.1 Å². The van der Waals surface area contributed by atoms with Crippen molar-refractivity contribution in [1.29, 1.82) is 0 Å². The molecule has 0 aliphatic carbocycles. The molecule has 1 saturated heterocycles. The molecule has 6 heteroatoms. The lowest BCUT2D eigenvalue weighted by Crippen LogP contribution is -2.49. The summed E-state index contributed by atoms with van der Waals surface area (Å²) in [5.41, 5.74) is 1.18. The van der Waals surface area contributed by atoms with Crippen LogP contribution in [0.5, 0.6) is 0 Å². The molecule has 1 aromatic carbocycles. The fraction of sp³-hybridized carbons (Fsp3) is 0.450. The molecule has 3 rings (SSSR count). The first-order chi connectivity index (χ1) is 12.4. The van der Waals surface area contributed by atoms with E-state index in [1.54, 1.807) is 24.3 Å². The molecule has 6 nitrogen and oxygen atoms in total. The van der Waals surface area contributed by atoms with Crippen LogP contribution in [-0.4, -0.2) is 36.6 Å². The molecule has 138 valence electrons. The third-order valence-corrected chi connectivity index (χ3v) is 5.14. The standard InChI is InChI=1S/C20H23NO5/c1-14-13-26-20(14,2)10-3-11-25-19(24)12-15-4-6-16(7-5-15)21-17(22)8-9-18(21)23/h4-9,14H,3,10-13H2,1-2H3. The van der Waals surface area contributed by atoms with Gasteiger partial charge in [-0.1, -0.05) is 19.1 Å². The summed E-state index contributed by atoms with van der Waals surface area (Å²) in [7, 11) is 0. The largest absolute Gasteiger partial charge is 0.465 e. The number of carbonyl (C=O) groups excluding carboxylic acids is 3. The summed E-state index contributed by atoms with van der Waals surface area (Å²) in [5, 5.41) is 0. The van der Waals surface area contributed by atoms with Gasteiger partial charge in [0.25, 0.3) is 11.8 Å². The number of imide groups is 1. The van der Waals surface area contributed by atoms with Gasteiger partial charge in [-0.05, 0) is 37.5 Å². The van der Waals surface area contributed by atoms with Gasteiger partial charge < -0.3 is 9.47 Å². The Hall–Kier alpha value is -2.47. The Balaban J connectivity index is 1.43. The van der Waals surface area contributed by atoms with E-state index in [0.29, 0.717) is 18.2 Å². The Kier molecular flexibility index (Phi) is 5.23. The van der Waals surface area contributed by atoms with Crippen LogP contribution in [-0.2, 0) is 30.3 Å². The molecule has 2 atom stereocenters. The zero-order valence-electron chi connectivity index (χ0n) is 15.1. The zero-order chi connectivity index (χ0) is 18.7. The first kappa shape index (κ1) is 18.3. The van der Waals surface area contributed by atoms with Crippen molar-refractivity contribution in [2.45, 2.75) is 38.7 Å². The SMILES string of the molecule is CC1COC1(C)CCCOC(=O)Cc1ccc(N2C(=O)C=CC2=O)cc1. The molecule has 0 N–H and O–H groups in total. The number of ether oxygens (including phenoxy) is 2. The number of nitrogens with zero attached hydrogens (tertiary/aromatic N) is 1. The number of esters is 1. The van der Waals surface area contributed by atoms with Gasteiger partial charge in [0.2, 0.25) is 0 Å². The monoisotopic (exact) mass is 357 g/mol. The smallest absolute Gasteiger partial charge is 0.310 e. The topological polar surface area (TPSA) is 72.9 Å². The molecule has 0 radical (unpaired) electrons. The summed E-state index contributed by atoms with van der Waals surface area (Å²) in [4.78, 5) is 36.3. The van der Waals surface area contributed by atoms with E-state index in [0.717, 1.165) is 29.9 Å². The van der Waals surface area contributed by atoms with E-state index in [2.05, 4.69) is 13.8 Å². The molecule has 1 fully saturated rings. The van der Waals surface area contributed by atoms with Crippen LogP contribution >= 0.6 is 0 Å². The molecule has 0 spiro atoms. The van der Waals surface area contributed by atoms with E-state index in [1.165, 1.54) is 12.2 Å². The maximum atomic E-state index is 11.9. The summed E-state index contributed by atoms with van der Waals surface area (Å²) < 4.78 is 10.9. The zero-order valence-corrected chi connectivity index (χ0v) is 15.1. The van der Waals surface area contributed by atoms with Gasteiger partial charge >= 0.3 is 5.97 Å². The first-order valence-corrected chi connectivity index (χ1v) is 8.84. The molecule has 0 saturated carbocycles. The average Bonchev–Trinajstić information content (AvgIpc) is 2.96. The van der Waals surface area contributed by atoms with Gasteiger partial charge in [0.05, 0.1) is 30.9 Å². The van der Waals surface area contributed by atoms with E-state index >= 15 is 0 Å². The van der Waals surface area contributed by atoms with Gasteiger partial charge in [-0.3, -0.25) is 14.4 Å². The van der Waals surface area contributed by atoms with E-state index in [1.807, 2.05) is 0 Å². The number of carbonyl (C=O) groups is 3. The summed E-state index contributed by atoms with van der Waals surface area (Å²) in [6.45, 7) is 5.44. The Morgan fingerprint density at radius 2 is 1.88 bits per heavy atom. The highest BCUT2D eigenvalue weighted by molar-refractivity contribution is 6.28. The third kappa shape index (κ3) is 3.85. The molecule has 2 aliphatic rings. The highest BCUT2D eigenvalue weighted by atomic mass is 16.5. The van der Waals surface area contributed by atoms with Crippen LogP contribution in [0.15, 0.2) is 36.4 Å². The predicted octanol–water partition coefficient (Wildman–Crippen LogP) is 2.41. The second kappa shape index (κ2) is 7.41. The van der Waals surface area contributed by atoms with Gasteiger partial charge in [-0.2, -0.15) is 0 Å². The van der Waals surface area contributed by atoms with Gasteiger partial charge in [0.1, 0.15) is 0 Å². The third-order valence-electron chi connectivity index (χ3n) is 5.14. The number of rotatable bonds is 7. The van der Waals surface area contributed by atoms with Gasteiger partial charge in [-0.15, -0.1) is 0 Å². The van der Waals surface area contributed by atoms with E-state index < -0.39 is 0 Å². The van der Waals surface area contributed by atoms with Crippen LogP contribution in [0.1, 0.15) is 32.3 Å². The summed E-state index contributed by atoms with van der Waals surface area (Å²) in [6, 6.07) is 6.75. The second-order valence-electron chi connectivity index (χ2n) is 7.04. The van der Waals surface area contributed by atoms with E-state index in [4.69, 9.17) is 9.47 Å². The van der Waals surface area contributed by atoms with Crippen molar-refractivity contribution in [2.24, 2.45) is 5.92 Å². The molecular weight excluding hydrogens is 334 g/mol. The number of anilines is 1. The number of benzene rings is 1. The molecule has 26 heavy (non-hydrogen) atoms. The van der Waals surface area contributed by atoms with Crippen molar-refractivity contribution in [3.63, 3.8) is 0 Å². The molecule has 0 aromatic heterocycles. The van der Waals surface area contributed by atoms with Crippen LogP contribution in [0.3, 0.4) is 0 Å². The van der Waals surface area contributed by atoms with Crippen molar-refractivity contribution >= 4 is 23.5 Å². The Bertz CT molecular complexity index is 721. The predicted molar refractivity (Wildman–Crippen MR) is 95.5 cm³/mol. The minimum absolute atomic E-state index is 0.0818. The maximum absolute atomic E-state index is 11.9. The minimum atomic E-state index is -0.361. The van der Waals surface area contributed by atoms with Crippen LogP contribution in [0.4, 0.5) is 5.69 Å². The second-order valence-corrected chi connectivity index (χ2v) is 7.04. The summed E-state index contributed by atoms with van der Waals surface area (Å²) in [6.07, 6.45) is 4.29. The fourth-order valence-corrected chi connectivity index (χ4v) is 3.10. The minimum Gasteiger partial charge on any atom is -0.465 e. The first-order valence-electron chi connectivity index (χ1n) is 8.84. The molecule has 0 bridgehead atoms. The molecular formula is C20H23NO5. The lowest BCUT2D eigenvalue weighted by atomic mass is 9.82. The lowest BCUT2D eigenvalue weighted by Gasteiger charge is -2.45. The maximum Gasteiger partial charge on any atom is 0.310 e.